The van der Waals surface area contributed by atoms with Crippen LogP contribution in [0.15, 0.2) is 41.3 Å². The van der Waals surface area contributed by atoms with E-state index in [1.807, 2.05) is 0 Å². The van der Waals surface area contributed by atoms with Gasteiger partial charge in [0.25, 0.3) is 0 Å². The maximum atomic E-state index is 12.4. The second kappa shape index (κ2) is 7.56. The predicted octanol–water partition coefficient (Wildman–Crippen LogP) is 1.52. The van der Waals surface area contributed by atoms with Crippen LogP contribution in [0.3, 0.4) is 0 Å². The molecule has 0 fully saturated rings. The zero-order valence-electron chi connectivity index (χ0n) is 15.9. The van der Waals surface area contributed by atoms with Gasteiger partial charge in [-0.1, -0.05) is 4.85 Å². The molecule has 0 amide bonds. The average molecular weight is 404 g/mol. The number of ether oxygens (including phenoxy) is 1. The number of rotatable bonds is 7. The molecule has 1 aromatic heterocycles. The van der Waals surface area contributed by atoms with Gasteiger partial charge in [0.1, 0.15) is 23.4 Å². The summed E-state index contributed by atoms with van der Waals surface area (Å²) in [5.41, 5.74) is 2.07. The third-order valence-corrected chi connectivity index (χ3v) is 6.01. The topological polar surface area (TPSA) is 104 Å². The maximum absolute atomic E-state index is 12.4. The summed E-state index contributed by atoms with van der Waals surface area (Å²) in [5.74, 6) is 0.485. The Morgan fingerprint density at radius 3 is 2.57 bits per heavy atom. The standard InChI is InChI=1S/C18H20N4O5S/c1-12(23)13-5-8-18(26-4)14(9-13)11-27-22-17-10-15(28(24,25)21(2)3)6-7-16(17)19-20-22/h5-10H,11H2,1-4H3. The zero-order valence-corrected chi connectivity index (χ0v) is 16.7. The van der Waals surface area contributed by atoms with Crippen LogP contribution in [0, 0.1) is 0 Å². The first-order chi connectivity index (χ1) is 13.2. The van der Waals surface area contributed by atoms with Crippen LogP contribution in [-0.2, 0) is 16.6 Å². The highest BCUT2D eigenvalue weighted by atomic mass is 32.2. The van der Waals surface area contributed by atoms with E-state index >= 15 is 0 Å². The normalized spacial score (nSPS) is 11.8. The van der Waals surface area contributed by atoms with Crippen molar-refractivity contribution in [3.63, 3.8) is 0 Å². The minimum Gasteiger partial charge on any atom is -0.496 e. The summed E-state index contributed by atoms with van der Waals surface area (Å²) in [7, 11) is 0.835. The van der Waals surface area contributed by atoms with Crippen molar-refractivity contribution in [2.45, 2.75) is 18.4 Å². The van der Waals surface area contributed by atoms with Gasteiger partial charge in [0.15, 0.2) is 5.78 Å². The Hall–Kier alpha value is -2.98. The Bertz CT molecular complexity index is 1140. The number of ketones is 1. The number of sulfonamides is 1. The number of benzene rings is 2. The number of hydrogen-bond acceptors (Lipinski definition) is 7. The van der Waals surface area contributed by atoms with Crippen LogP contribution in [-0.4, -0.2) is 54.9 Å². The Kier molecular flexibility index (Phi) is 5.34. The molecule has 148 valence electrons. The first kappa shape index (κ1) is 19.8. The fraction of sp³-hybridized carbons (Fsp3) is 0.278. The molecule has 0 aliphatic rings. The number of fused-ring (bicyclic) bond motifs is 1. The minimum absolute atomic E-state index is 0.0490. The van der Waals surface area contributed by atoms with Crippen molar-refractivity contribution in [2.24, 2.45) is 0 Å². The van der Waals surface area contributed by atoms with Crippen LogP contribution in [0.4, 0.5) is 0 Å². The molecule has 0 atom stereocenters. The van der Waals surface area contributed by atoms with Crippen molar-refractivity contribution in [1.29, 1.82) is 0 Å². The van der Waals surface area contributed by atoms with E-state index in [2.05, 4.69) is 10.3 Å². The van der Waals surface area contributed by atoms with E-state index in [0.29, 0.717) is 27.9 Å². The van der Waals surface area contributed by atoms with E-state index in [-0.39, 0.29) is 17.3 Å². The smallest absolute Gasteiger partial charge is 0.242 e. The molecule has 0 saturated carbocycles. The lowest BCUT2D eigenvalue weighted by Crippen LogP contribution is -2.22. The Morgan fingerprint density at radius 1 is 1.18 bits per heavy atom. The number of carbonyl (C=O) groups is 1. The van der Waals surface area contributed by atoms with E-state index < -0.39 is 10.0 Å². The van der Waals surface area contributed by atoms with Crippen LogP contribution in [0.25, 0.3) is 11.0 Å². The van der Waals surface area contributed by atoms with Crippen molar-refractivity contribution in [3.05, 3.63) is 47.5 Å². The lowest BCUT2D eigenvalue weighted by Gasteiger charge is -2.12. The van der Waals surface area contributed by atoms with Crippen LogP contribution < -0.4 is 9.57 Å². The van der Waals surface area contributed by atoms with Gasteiger partial charge in [0.2, 0.25) is 10.0 Å². The number of hydrogen-bond donors (Lipinski definition) is 0. The van der Waals surface area contributed by atoms with E-state index in [4.69, 9.17) is 9.57 Å². The second-order valence-corrected chi connectivity index (χ2v) is 8.41. The highest BCUT2D eigenvalue weighted by Crippen LogP contribution is 2.22. The molecule has 3 aromatic rings. The quantitative estimate of drug-likeness (QED) is 0.550. The van der Waals surface area contributed by atoms with Crippen LogP contribution in [0.5, 0.6) is 5.75 Å². The van der Waals surface area contributed by atoms with Crippen LogP contribution in [0.2, 0.25) is 0 Å². The number of methoxy groups -OCH3 is 1. The Labute approximate surface area is 162 Å². The average Bonchev–Trinajstić information content (AvgIpc) is 3.08. The first-order valence-corrected chi connectivity index (χ1v) is 9.77. The summed E-state index contributed by atoms with van der Waals surface area (Å²) in [6, 6.07) is 9.53. The van der Waals surface area contributed by atoms with Gasteiger partial charge in [-0.05, 0) is 48.5 Å². The third-order valence-electron chi connectivity index (χ3n) is 4.19. The SMILES string of the molecule is COc1ccc(C(C)=O)cc1COn1nnc2ccc(S(=O)(=O)N(C)C)cc21. The van der Waals surface area contributed by atoms with Gasteiger partial charge >= 0.3 is 0 Å². The van der Waals surface area contributed by atoms with Crippen molar-refractivity contribution >= 4 is 26.8 Å². The number of aromatic nitrogens is 3. The molecule has 0 N–H and O–H groups in total. The fourth-order valence-corrected chi connectivity index (χ4v) is 3.51. The molecule has 1 heterocycles. The summed E-state index contributed by atoms with van der Waals surface area (Å²) in [6.07, 6.45) is 0. The molecular weight excluding hydrogens is 384 g/mol. The summed E-state index contributed by atoms with van der Waals surface area (Å²) in [4.78, 5) is 18.6. The van der Waals surface area contributed by atoms with Crippen molar-refractivity contribution < 1.29 is 22.8 Å². The molecule has 0 aliphatic heterocycles. The molecule has 0 aliphatic carbocycles. The van der Waals surface area contributed by atoms with Gasteiger partial charge in [-0.3, -0.25) is 4.79 Å². The number of Topliss-reactive ketones (excluding diaryl/α,β-unsaturated/α-hetero) is 1. The van der Waals surface area contributed by atoms with Gasteiger partial charge in [-0.25, -0.2) is 12.7 Å². The van der Waals surface area contributed by atoms with Gasteiger partial charge in [0.05, 0.1) is 12.0 Å². The second-order valence-electron chi connectivity index (χ2n) is 6.26. The van der Waals surface area contributed by atoms with Gasteiger partial charge < -0.3 is 9.57 Å². The molecule has 0 bridgehead atoms. The van der Waals surface area contributed by atoms with Gasteiger partial charge in [0, 0.05) is 25.2 Å². The van der Waals surface area contributed by atoms with Gasteiger partial charge in [-0.15, -0.1) is 5.10 Å². The molecule has 28 heavy (non-hydrogen) atoms. The van der Waals surface area contributed by atoms with Gasteiger partial charge in [-0.2, -0.15) is 0 Å². The third kappa shape index (κ3) is 3.69. The van der Waals surface area contributed by atoms with Crippen LogP contribution in [0.1, 0.15) is 22.8 Å². The molecule has 0 spiro atoms. The zero-order chi connectivity index (χ0) is 20.5. The Balaban J connectivity index is 1.94. The van der Waals surface area contributed by atoms with Crippen LogP contribution >= 0.6 is 0 Å². The molecular formula is C18H20N4O5S. The maximum Gasteiger partial charge on any atom is 0.242 e. The molecule has 2 aromatic carbocycles. The lowest BCUT2D eigenvalue weighted by atomic mass is 10.1. The molecule has 0 radical (unpaired) electrons. The van der Waals surface area contributed by atoms with Crippen molar-refractivity contribution in [1.82, 2.24) is 19.5 Å². The molecule has 10 heteroatoms. The van der Waals surface area contributed by atoms with E-state index in [1.54, 1.807) is 24.3 Å². The summed E-state index contributed by atoms with van der Waals surface area (Å²) in [5, 5.41) is 7.90. The molecule has 3 rings (SSSR count). The highest BCUT2D eigenvalue weighted by molar-refractivity contribution is 7.89. The Morgan fingerprint density at radius 2 is 1.93 bits per heavy atom. The largest absolute Gasteiger partial charge is 0.496 e. The van der Waals surface area contributed by atoms with E-state index in [0.717, 1.165) is 9.15 Å². The number of carbonyl (C=O) groups excluding carboxylic acids is 1. The fourth-order valence-electron chi connectivity index (χ4n) is 2.59. The van der Waals surface area contributed by atoms with Crippen molar-refractivity contribution in [2.75, 3.05) is 21.2 Å². The molecule has 0 saturated heterocycles. The van der Waals surface area contributed by atoms with Crippen molar-refractivity contribution in [3.8, 4) is 5.75 Å². The number of nitrogens with zero attached hydrogens (tertiary/aromatic N) is 4. The predicted molar refractivity (Wildman–Crippen MR) is 102 cm³/mol. The highest BCUT2D eigenvalue weighted by Gasteiger charge is 2.19. The lowest BCUT2D eigenvalue weighted by molar-refractivity contribution is 0.0738. The minimum atomic E-state index is -3.60. The van der Waals surface area contributed by atoms with E-state index in [9.17, 15) is 13.2 Å². The summed E-state index contributed by atoms with van der Waals surface area (Å²) in [6.45, 7) is 1.53. The summed E-state index contributed by atoms with van der Waals surface area (Å²) >= 11 is 0. The first-order valence-electron chi connectivity index (χ1n) is 8.33. The molecule has 0 unspecified atom stereocenters. The monoisotopic (exact) mass is 404 g/mol. The molecule has 9 nitrogen and oxygen atoms in total. The van der Waals surface area contributed by atoms with E-state index in [1.165, 1.54) is 40.3 Å². The summed E-state index contributed by atoms with van der Waals surface area (Å²) < 4.78 is 31.2.